The Morgan fingerprint density at radius 2 is 1.00 bits per heavy atom. The maximum Gasteiger partial charge on any atom is 0.500 e. The Balaban J connectivity index is 5.25. The van der Waals surface area contributed by atoms with E-state index in [9.17, 15) is 57.1 Å². The highest BCUT2D eigenvalue weighted by atomic mass is 28.4. The number of alkyl halides is 13. The first-order valence-corrected chi connectivity index (χ1v) is 10.4. The molecule has 194 valence electrons. The Morgan fingerprint density at radius 1 is 0.594 bits per heavy atom. The van der Waals surface area contributed by atoms with Gasteiger partial charge in [0, 0.05) is 40.3 Å². The van der Waals surface area contributed by atoms with Crippen LogP contribution in [0.1, 0.15) is 12.8 Å². The first-order chi connectivity index (χ1) is 14.1. The molecular weight excluding hydrogens is 505 g/mol. The van der Waals surface area contributed by atoms with Gasteiger partial charge in [-0.05, 0) is 13.0 Å². The minimum Gasteiger partial charge on any atom is -0.377 e. The van der Waals surface area contributed by atoms with E-state index in [4.69, 9.17) is 13.3 Å². The Labute approximate surface area is 174 Å². The molecule has 0 aromatic carbocycles. The van der Waals surface area contributed by atoms with E-state index in [-0.39, 0.29) is 19.0 Å². The minimum absolute atomic E-state index is 0.0652. The standard InChI is InChI=1S/C14H20F13NO3Si/c1-29-32(30-2,31-3)8-4-6-28-7-5-9(15,16)10(17,18)11(19,20)12(21,22)13(23,24)14(25,26)27/h28H,4-8H2,1-3H3. The molecule has 0 heterocycles. The van der Waals surface area contributed by atoms with Crippen molar-refractivity contribution in [1.82, 2.24) is 5.32 Å². The Morgan fingerprint density at radius 3 is 1.38 bits per heavy atom. The molecule has 0 aromatic heterocycles. The van der Waals surface area contributed by atoms with E-state index in [2.05, 4.69) is 5.32 Å². The number of rotatable bonds is 14. The van der Waals surface area contributed by atoms with Gasteiger partial charge in [0.05, 0.1) is 0 Å². The van der Waals surface area contributed by atoms with Gasteiger partial charge >= 0.3 is 44.6 Å². The molecule has 0 spiro atoms. The van der Waals surface area contributed by atoms with E-state index < -0.39 is 57.6 Å². The molecule has 0 bridgehead atoms. The first-order valence-electron chi connectivity index (χ1n) is 8.46. The van der Waals surface area contributed by atoms with Crippen LogP contribution < -0.4 is 5.32 Å². The second-order valence-corrected chi connectivity index (χ2v) is 9.49. The zero-order valence-electron chi connectivity index (χ0n) is 16.7. The van der Waals surface area contributed by atoms with Crippen LogP contribution >= 0.6 is 0 Å². The molecule has 0 aromatic rings. The van der Waals surface area contributed by atoms with Gasteiger partial charge in [0.25, 0.3) is 0 Å². The summed E-state index contributed by atoms with van der Waals surface area (Å²) >= 11 is 0. The van der Waals surface area contributed by atoms with Crippen molar-refractivity contribution in [1.29, 1.82) is 0 Å². The van der Waals surface area contributed by atoms with Crippen molar-refractivity contribution in [3.8, 4) is 0 Å². The van der Waals surface area contributed by atoms with Crippen molar-refractivity contribution in [2.24, 2.45) is 0 Å². The normalized spacial score (nSPS) is 15.4. The lowest BCUT2D eigenvalue weighted by molar-refractivity contribution is -0.440. The van der Waals surface area contributed by atoms with Crippen molar-refractivity contribution in [3.05, 3.63) is 0 Å². The van der Waals surface area contributed by atoms with Gasteiger partial charge in [-0.1, -0.05) is 0 Å². The third-order valence-corrected chi connectivity index (χ3v) is 7.22. The number of hydrogen-bond acceptors (Lipinski definition) is 4. The average Bonchev–Trinajstić information content (AvgIpc) is 2.66. The van der Waals surface area contributed by atoms with Gasteiger partial charge in [0.1, 0.15) is 0 Å². The fraction of sp³-hybridized carbons (Fsp3) is 1.00. The van der Waals surface area contributed by atoms with Crippen molar-refractivity contribution in [3.63, 3.8) is 0 Å². The number of nitrogens with one attached hydrogen (secondary N) is 1. The van der Waals surface area contributed by atoms with Gasteiger partial charge in [0.15, 0.2) is 0 Å². The maximum atomic E-state index is 13.6. The molecule has 0 atom stereocenters. The highest BCUT2D eigenvalue weighted by molar-refractivity contribution is 6.60. The molecule has 0 aliphatic rings. The van der Waals surface area contributed by atoms with Crippen LogP contribution in [0.4, 0.5) is 57.1 Å². The predicted octanol–water partition coefficient (Wildman–Crippen LogP) is 4.97. The molecule has 0 amide bonds. The molecule has 0 fully saturated rings. The van der Waals surface area contributed by atoms with Gasteiger partial charge in [0.2, 0.25) is 0 Å². The Kier molecular flexibility index (Phi) is 9.91. The van der Waals surface area contributed by atoms with Crippen molar-refractivity contribution in [2.45, 2.75) is 54.7 Å². The average molecular weight is 525 g/mol. The van der Waals surface area contributed by atoms with E-state index in [1.807, 2.05) is 0 Å². The van der Waals surface area contributed by atoms with E-state index in [0.717, 1.165) is 0 Å². The van der Waals surface area contributed by atoms with Crippen LogP contribution in [0, 0.1) is 0 Å². The fourth-order valence-electron chi connectivity index (χ4n) is 2.32. The van der Waals surface area contributed by atoms with Crippen LogP contribution in [0.3, 0.4) is 0 Å². The summed E-state index contributed by atoms with van der Waals surface area (Å²) in [5.74, 6) is -36.7. The molecule has 0 unspecified atom stereocenters. The topological polar surface area (TPSA) is 39.7 Å². The molecule has 0 radical (unpaired) electrons. The van der Waals surface area contributed by atoms with E-state index in [1.54, 1.807) is 0 Å². The molecular formula is C14H20F13NO3Si. The summed E-state index contributed by atoms with van der Waals surface area (Å²) in [5.41, 5.74) is 0. The van der Waals surface area contributed by atoms with Gasteiger partial charge < -0.3 is 18.6 Å². The summed E-state index contributed by atoms with van der Waals surface area (Å²) in [7, 11) is 0.654. The summed E-state index contributed by atoms with van der Waals surface area (Å²) in [6.07, 6.45) is -9.64. The van der Waals surface area contributed by atoms with E-state index in [1.165, 1.54) is 21.3 Å². The lowest BCUT2D eigenvalue weighted by atomic mass is 9.92. The summed E-state index contributed by atoms with van der Waals surface area (Å²) in [4.78, 5) is 0. The van der Waals surface area contributed by atoms with Gasteiger partial charge in [-0.15, -0.1) is 0 Å². The second-order valence-electron chi connectivity index (χ2n) is 6.40. The Bertz CT molecular complexity index is 589. The van der Waals surface area contributed by atoms with E-state index >= 15 is 0 Å². The van der Waals surface area contributed by atoms with Crippen LogP contribution in [0.2, 0.25) is 6.04 Å². The zero-order chi connectivity index (χ0) is 25.9. The van der Waals surface area contributed by atoms with E-state index in [0.29, 0.717) is 0 Å². The zero-order valence-corrected chi connectivity index (χ0v) is 17.7. The highest BCUT2D eigenvalue weighted by Crippen LogP contribution is 2.60. The Hall–Kier alpha value is -0.853. The van der Waals surface area contributed by atoms with Crippen molar-refractivity contribution in [2.75, 3.05) is 34.4 Å². The SMILES string of the molecule is CO[Si](CCCNCCC(F)(F)C(F)(F)C(F)(F)C(F)(F)C(F)(F)C(F)(F)F)(OC)OC. The highest BCUT2D eigenvalue weighted by Gasteiger charge is 2.90. The largest absolute Gasteiger partial charge is 0.500 e. The van der Waals surface area contributed by atoms with Crippen molar-refractivity contribution < 1.29 is 70.4 Å². The maximum absolute atomic E-state index is 13.6. The molecule has 0 aliphatic carbocycles. The molecule has 0 saturated carbocycles. The molecule has 0 aliphatic heterocycles. The molecule has 0 rings (SSSR count). The predicted molar refractivity (Wildman–Crippen MR) is 84.5 cm³/mol. The van der Waals surface area contributed by atoms with Gasteiger partial charge in [-0.3, -0.25) is 0 Å². The third kappa shape index (κ3) is 5.61. The smallest absolute Gasteiger partial charge is 0.377 e. The summed E-state index contributed by atoms with van der Waals surface area (Å²) in [6.45, 7) is -1.44. The number of hydrogen-bond donors (Lipinski definition) is 1. The molecule has 4 nitrogen and oxygen atoms in total. The minimum atomic E-state index is -7.88. The first kappa shape index (κ1) is 31.1. The van der Waals surface area contributed by atoms with Gasteiger partial charge in [-0.2, -0.15) is 57.1 Å². The summed E-state index contributed by atoms with van der Waals surface area (Å²) in [6, 6.07) is 0.0901. The fourth-order valence-corrected chi connectivity index (χ4v) is 4.04. The summed E-state index contributed by atoms with van der Waals surface area (Å²) in [5, 5.41) is 2.08. The molecule has 1 N–H and O–H groups in total. The molecule has 32 heavy (non-hydrogen) atoms. The molecule has 18 heteroatoms. The quantitative estimate of drug-likeness (QED) is 0.198. The second kappa shape index (κ2) is 10.2. The van der Waals surface area contributed by atoms with Crippen molar-refractivity contribution >= 4 is 8.80 Å². The van der Waals surface area contributed by atoms with Gasteiger partial charge in [-0.25, -0.2) is 0 Å². The lowest BCUT2D eigenvalue weighted by Gasteiger charge is -2.39. The lowest BCUT2D eigenvalue weighted by Crippen LogP contribution is -2.70. The van der Waals surface area contributed by atoms with Crippen LogP contribution in [-0.4, -0.2) is 79.0 Å². The number of halogens is 13. The van der Waals surface area contributed by atoms with Crippen LogP contribution in [0.5, 0.6) is 0 Å². The van der Waals surface area contributed by atoms with Crippen LogP contribution in [0.25, 0.3) is 0 Å². The van der Waals surface area contributed by atoms with Crippen LogP contribution in [0.15, 0.2) is 0 Å². The third-order valence-electron chi connectivity index (χ3n) is 4.38. The molecule has 0 saturated heterocycles. The monoisotopic (exact) mass is 525 g/mol. The van der Waals surface area contributed by atoms with Crippen LogP contribution in [-0.2, 0) is 13.3 Å². The summed E-state index contributed by atoms with van der Waals surface area (Å²) < 4.78 is 184.